The van der Waals surface area contributed by atoms with E-state index in [9.17, 15) is 9.50 Å². The number of aromatic nitrogens is 2. The van der Waals surface area contributed by atoms with Gasteiger partial charge in [0.05, 0.1) is 11.9 Å². The van der Waals surface area contributed by atoms with Crippen LogP contribution in [0.2, 0.25) is 0 Å². The average Bonchev–Trinajstić information content (AvgIpc) is 3.17. The maximum atomic E-state index is 13.7. The molecule has 0 aliphatic rings. The number of phenols is 1. The molecule has 0 atom stereocenters. The Kier molecular flexibility index (Phi) is 5.12. The number of ether oxygens (including phenoxy) is 1. The third-order valence-electron chi connectivity index (χ3n) is 4.39. The van der Waals surface area contributed by atoms with E-state index < -0.39 is 0 Å². The molecule has 4 aromatic rings. The summed E-state index contributed by atoms with van der Waals surface area (Å²) in [4.78, 5) is 0. The van der Waals surface area contributed by atoms with Gasteiger partial charge in [0.15, 0.2) is 0 Å². The highest BCUT2D eigenvalue weighted by Crippen LogP contribution is 2.37. The van der Waals surface area contributed by atoms with Gasteiger partial charge in [0.25, 0.3) is 0 Å². The molecule has 140 valence electrons. The normalized spacial score (nSPS) is 10.8. The third-order valence-corrected chi connectivity index (χ3v) is 4.91. The highest BCUT2D eigenvalue weighted by molar-refractivity contribution is 9.10. The topological polar surface area (TPSA) is 58.1 Å². The van der Waals surface area contributed by atoms with Crippen LogP contribution in [-0.2, 0) is 6.61 Å². The average molecular weight is 439 g/mol. The van der Waals surface area contributed by atoms with Crippen molar-refractivity contribution in [2.75, 3.05) is 0 Å². The second-order valence-electron chi connectivity index (χ2n) is 6.22. The summed E-state index contributed by atoms with van der Waals surface area (Å²) in [6.45, 7) is 0.0830. The second kappa shape index (κ2) is 7.86. The number of phenolic OH excluding ortho intramolecular Hbond substituents is 1. The summed E-state index contributed by atoms with van der Waals surface area (Å²) in [5.74, 6) is 0.183. The van der Waals surface area contributed by atoms with Crippen molar-refractivity contribution in [3.63, 3.8) is 0 Å². The van der Waals surface area contributed by atoms with E-state index in [1.165, 1.54) is 12.1 Å². The summed E-state index contributed by atoms with van der Waals surface area (Å²) in [6, 6.07) is 19.3. The molecule has 0 aliphatic heterocycles. The quantitative estimate of drug-likeness (QED) is 0.405. The summed E-state index contributed by atoms with van der Waals surface area (Å²) in [5.41, 5.74) is 3.63. The molecule has 3 aromatic carbocycles. The Morgan fingerprint density at radius 3 is 2.54 bits per heavy atom. The Morgan fingerprint density at radius 1 is 1.00 bits per heavy atom. The Balaban J connectivity index is 1.58. The monoisotopic (exact) mass is 438 g/mol. The van der Waals surface area contributed by atoms with E-state index in [2.05, 4.69) is 26.1 Å². The molecule has 0 aliphatic carbocycles. The minimum atomic E-state index is -0.319. The third kappa shape index (κ3) is 3.77. The number of nitrogens with one attached hydrogen (secondary N) is 1. The van der Waals surface area contributed by atoms with Gasteiger partial charge in [-0.3, -0.25) is 5.10 Å². The molecule has 6 heteroatoms. The molecule has 28 heavy (non-hydrogen) atoms. The molecule has 1 heterocycles. The van der Waals surface area contributed by atoms with Gasteiger partial charge in [0.1, 0.15) is 23.9 Å². The predicted molar refractivity (Wildman–Crippen MR) is 110 cm³/mol. The molecule has 4 rings (SSSR count). The van der Waals surface area contributed by atoms with Gasteiger partial charge in [0.2, 0.25) is 0 Å². The van der Waals surface area contributed by atoms with Crippen molar-refractivity contribution < 1.29 is 14.2 Å². The van der Waals surface area contributed by atoms with Crippen LogP contribution < -0.4 is 4.74 Å². The zero-order valence-corrected chi connectivity index (χ0v) is 16.3. The molecule has 0 bridgehead atoms. The highest BCUT2D eigenvalue weighted by atomic mass is 79.9. The summed E-state index contributed by atoms with van der Waals surface area (Å²) >= 11 is 3.43. The fourth-order valence-corrected chi connectivity index (χ4v) is 3.19. The number of aromatic hydroxyl groups is 1. The van der Waals surface area contributed by atoms with Crippen LogP contribution in [0.5, 0.6) is 11.5 Å². The van der Waals surface area contributed by atoms with Crippen molar-refractivity contribution in [2.45, 2.75) is 6.61 Å². The lowest BCUT2D eigenvalue weighted by atomic mass is 10.0. The standard InChI is InChI=1S/C22H16BrFN2O2/c23-16-7-5-14(6-8-16)19-12-25-26-22(19)18-10-9-17(11-21(18)27)28-13-15-3-1-2-4-20(15)24/h1-12,27H,13H2,(H,25,26). The van der Waals surface area contributed by atoms with E-state index >= 15 is 0 Å². The zero-order chi connectivity index (χ0) is 19.5. The van der Waals surface area contributed by atoms with Gasteiger partial charge in [-0.15, -0.1) is 0 Å². The lowest BCUT2D eigenvalue weighted by Crippen LogP contribution is -1.98. The first-order valence-electron chi connectivity index (χ1n) is 8.61. The number of H-pyrrole nitrogens is 1. The fourth-order valence-electron chi connectivity index (χ4n) is 2.93. The number of nitrogens with zero attached hydrogens (tertiary/aromatic N) is 1. The number of hydrogen-bond acceptors (Lipinski definition) is 3. The van der Waals surface area contributed by atoms with Crippen LogP contribution in [0.15, 0.2) is 77.4 Å². The Hall–Kier alpha value is -3.12. The fraction of sp³-hybridized carbons (Fsp3) is 0.0455. The summed E-state index contributed by atoms with van der Waals surface area (Å²) < 4.78 is 20.3. The van der Waals surface area contributed by atoms with Gasteiger partial charge >= 0.3 is 0 Å². The smallest absolute Gasteiger partial charge is 0.129 e. The number of rotatable bonds is 5. The van der Waals surface area contributed by atoms with Crippen molar-refractivity contribution in [1.29, 1.82) is 0 Å². The number of halogens is 2. The van der Waals surface area contributed by atoms with Crippen LogP contribution >= 0.6 is 15.9 Å². The SMILES string of the molecule is Oc1cc(OCc2ccccc2F)ccc1-c1[nH]ncc1-c1ccc(Br)cc1. The number of aromatic amines is 1. The van der Waals surface area contributed by atoms with Crippen LogP contribution in [-0.4, -0.2) is 15.3 Å². The van der Waals surface area contributed by atoms with Crippen LogP contribution in [0.25, 0.3) is 22.4 Å². The molecule has 0 saturated carbocycles. The molecular weight excluding hydrogens is 423 g/mol. The Labute approximate surface area is 169 Å². The molecule has 4 nitrogen and oxygen atoms in total. The zero-order valence-electron chi connectivity index (χ0n) is 14.7. The first kappa shape index (κ1) is 18.3. The lowest BCUT2D eigenvalue weighted by molar-refractivity contribution is 0.298. The van der Waals surface area contributed by atoms with E-state index in [0.29, 0.717) is 22.6 Å². The van der Waals surface area contributed by atoms with Gasteiger partial charge < -0.3 is 9.84 Å². The van der Waals surface area contributed by atoms with Crippen molar-refractivity contribution >= 4 is 15.9 Å². The molecule has 1 aromatic heterocycles. The van der Waals surface area contributed by atoms with Crippen LogP contribution in [0.1, 0.15) is 5.56 Å². The van der Waals surface area contributed by atoms with Crippen LogP contribution in [0.4, 0.5) is 4.39 Å². The van der Waals surface area contributed by atoms with Crippen molar-refractivity contribution in [3.8, 4) is 33.9 Å². The summed E-state index contributed by atoms with van der Waals surface area (Å²) in [5, 5.41) is 17.6. The van der Waals surface area contributed by atoms with E-state index in [1.54, 1.807) is 36.5 Å². The molecule has 0 unspecified atom stereocenters. The molecule has 0 saturated heterocycles. The molecule has 2 N–H and O–H groups in total. The van der Waals surface area contributed by atoms with Crippen LogP contribution in [0, 0.1) is 5.82 Å². The molecule has 0 spiro atoms. The Morgan fingerprint density at radius 2 is 1.79 bits per heavy atom. The molecular formula is C22H16BrFN2O2. The maximum absolute atomic E-state index is 13.7. The molecule has 0 fully saturated rings. The highest BCUT2D eigenvalue weighted by Gasteiger charge is 2.14. The molecule has 0 amide bonds. The Bertz CT molecular complexity index is 1110. The largest absolute Gasteiger partial charge is 0.507 e. The van der Waals surface area contributed by atoms with Gasteiger partial charge in [-0.25, -0.2) is 4.39 Å². The van der Waals surface area contributed by atoms with Crippen LogP contribution in [0.3, 0.4) is 0 Å². The van der Waals surface area contributed by atoms with E-state index in [-0.39, 0.29) is 18.2 Å². The second-order valence-corrected chi connectivity index (χ2v) is 7.14. The summed E-state index contributed by atoms with van der Waals surface area (Å²) in [6.07, 6.45) is 1.72. The summed E-state index contributed by atoms with van der Waals surface area (Å²) in [7, 11) is 0. The van der Waals surface area contributed by atoms with E-state index in [0.717, 1.165) is 15.6 Å². The maximum Gasteiger partial charge on any atom is 0.129 e. The van der Waals surface area contributed by atoms with Gasteiger partial charge in [-0.1, -0.05) is 46.3 Å². The van der Waals surface area contributed by atoms with E-state index in [1.807, 2.05) is 24.3 Å². The first-order chi connectivity index (χ1) is 13.6. The van der Waals surface area contributed by atoms with Crippen molar-refractivity contribution in [3.05, 3.63) is 88.8 Å². The van der Waals surface area contributed by atoms with Gasteiger partial charge in [-0.05, 0) is 35.9 Å². The van der Waals surface area contributed by atoms with E-state index in [4.69, 9.17) is 4.74 Å². The number of hydrogen-bond donors (Lipinski definition) is 2. The van der Waals surface area contributed by atoms with Gasteiger partial charge in [-0.2, -0.15) is 5.10 Å². The molecule has 0 radical (unpaired) electrons. The minimum absolute atomic E-state index is 0.0497. The lowest BCUT2D eigenvalue weighted by Gasteiger charge is -2.10. The minimum Gasteiger partial charge on any atom is -0.507 e. The van der Waals surface area contributed by atoms with Crippen molar-refractivity contribution in [2.24, 2.45) is 0 Å². The van der Waals surface area contributed by atoms with Gasteiger partial charge in [0, 0.05) is 27.2 Å². The predicted octanol–water partition coefficient (Wildman–Crippen LogP) is 5.93. The first-order valence-corrected chi connectivity index (χ1v) is 9.40. The number of benzene rings is 3. The van der Waals surface area contributed by atoms with Crippen molar-refractivity contribution in [1.82, 2.24) is 10.2 Å².